The fraction of sp³-hybridized carbons (Fsp3) is 0.579. The van der Waals surface area contributed by atoms with Crippen LogP contribution in [0.4, 0.5) is 5.82 Å². The van der Waals surface area contributed by atoms with E-state index in [1.807, 2.05) is 11.8 Å². The van der Waals surface area contributed by atoms with Crippen LogP contribution in [0.3, 0.4) is 0 Å². The number of anilines is 1. The molecule has 8 nitrogen and oxygen atoms in total. The Morgan fingerprint density at radius 2 is 2.07 bits per heavy atom. The molecule has 1 unspecified atom stereocenters. The summed E-state index contributed by atoms with van der Waals surface area (Å²) in [5.74, 6) is 1.38. The molecule has 0 bridgehead atoms. The van der Waals surface area contributed by atoms with Crippen LogP contribution in [0.25, 0.3) is 0 Å². The maximum atomic E-state index is 12.8. The minimum Gasteiger partial charge on any atom is -0.378 e. The van der Waals surface area contributed by atoms with E-state index < -0.39 is 0 Å². The quantitative estimate of drug-likeness (QED) is 0.811. The Balaban J connectivity index is 1.47. The molecule has 27 heavy (non-hydrogen) atoms. The van der Waals surface area contributed by atoms with Crippen molar-refractivity contribution in [2.75, 3.05) is 44.3 Å². The lowest BCUT2D eigenvalue weighted by Gasteiger charge is -2.32. The third-order valence-corrected chi connectivity index (χ3v) is 5.27. The first-order valence-electron chi connectivity index (χ1n) is 9.64. The summed E-state index contributed by atoms with van der Waals surface area (Å²) in [5, 5.41) is 3.93. The van der Waals surface area contributed by atoms with Gasteiger partial charge in [0.15, 0.2) is 0 Å². The fourth-order valence-electron chi connectivity index (χ4n) is 3.69. The fourth-order valence-corrected chi connectivity index (χ4v) is 3.69. The molecule has 0 radical (unpaired) electrons. The molecule has 2 aliphatic rings. The molecular formula is C19H25N5O3. The normalized spacial score (nSPS) is 20.7. The SMILES string of the molecule is CCc1cc(C(=O)N2CCCC(c3cc(N4CCOCC4)ncn3)C2)on1. The Morgan fingerprint density at radius 3 is 2.85 bits per heavy atom. The smallest absolute Gasteiger partial charge is 0.292 e. The number of aryl methyl sites for hydroxylation is 1. The van der Waals surface area contributed by atoms with Crippen molar-refractivity contribution in [3.05, 3.63) is 35.6 Å². The van der Waals surface area contributed by atoms with Crippen molar-refractivity contribution in [2.45, 2.75) is 32.1 Å². The standard InChI is InChI=1S/C19H25N5O3/c1-2-15-10-17(27-22-15)19(25)24-5-3-4-14(12-24)16-11-18(21-13-20-16)23-6-8-26-9-7-23/h10-11,13-14H,2-9,12H2,1H3. The van der Waals surface area contributed by atoms with Crippen LogP contribution in [0.5, 0.6) is 0 Å². The Hall–Kier alpha value is -2.48. The van der Waals surface area contributed by atoms with Crippen molar-refractivity contribution in [3.8, 4) is 0 Å². The summed E-state index contributed by atoms with van der Waals surface area (Å²) in [6, 6.07) is 3.81. The van der Waals surface area contributed by atoms with Gasteiger partial charge in [-0.15, -0.1) is 0 Å². The molecule has 0 saturated carbocycles. The predicted octanol–water partition coefficient (Wildman–Crippen LogP) is 1.88. The molecule has 2 aromatic rings. The number of amides is 1. The molecule has 2 fully saturated rings. The van der Waals surface area contributed by atoms with Gasteiger partial charge in [0.1, 0.15) is 12.1 Å². The van der Waals surface area contributed by atoms with Crippen LogP contribution in [-0.4, -0.2) is 65.3 Å². The first-order valence-corrected chi connectivity index (χ1v) is 9.64. The lowest BCUT2D eigenvalue weighted by molar-refractivity contribution is 0.0663. The highest BCUT2D eigenvalue weighted by molar-refractivity contribution is 5.91. The van der Waals surface area contributed by atoms with Crippen molar-refractivity contribution in [1.82, 2.24) is 20.0 Å². The maximum absolute atomic E-state index is 12.8. The summed E-state index contributed by atoms with van der Waals surface area (Å²) in [7, 11) is 0. The Kier molecular flexibility index (Phi) is 5.33. The summed E-state index contributed by atoms with van der Waals surface area (Å²) in [5.41, 5.74) is 1.80. The second-order valence-electron chi connectivity index (χ2n) is 7.03. The van der Waals surface area contributed by atoms with E-state index in [1.54, 1.807) is 12.4 Å². The Bertz CT molecular complexity index is 787. The van der Waals surface area contributed by atoms with E-state index in [1.165, 1.54) is 0 Å². The maximum Gasteiger partial charge on any atom is 0.292 e. The minimum absolute atomic E-state index is 0.0886. The number of ether oxygens (including phenoxy) is 1. The molecule has 4 rings (SSSR count). The first-order chi connectivity index (χ1) is 13.2. The summed E-state index contributed by atoms with van der Waals surface area (Å²) in [4.78, 5) is 25.8. The highest BCUT2D eigenvalue weighted by Crippen LogP contribution is 2.28. The monoisotopic (exact) mass is 371 g/mol. The molecule has 0 aromatic carbocycles. The molecule has 1 atom stereocenters. The number of rotatable bonds is 4. The molecule has 1 amide bonds. The van der Waals surface area contributed by atoms with Gasteiger partial charge in [-0.2, -0.15) is 0 Å². The summed E-state index contributed by atoms with van der Waals surface area (Å²) in [6.07, 6.45) is 4.34. The minimum atomic E-state index is -0.0886. The molecule has 8 heteroatoms. The van der Waals surface area contributed by atoms with Gasteiger partial charge in [-0.1, -0.05) is 12.1 Å². The molecule has 0 spiro atoms. The molecule has 0 N–H and O–H groups in total. The van der Waals surface area contributed by atoms with Crippen molar-refractivity contribution < 1.29 is 14.1 Å². The van der Waals surface area contributed by atoms with E-state index in [2.05, 4.69) is 26.1 Å². The van der Waals surface area contributed by atoms with Crippen molar-refractivity contribution in [1.29, 1.82) is 0 Å². The zero-order chi connectivity index (χ0) is 18.6. The second-order valence-corrected chi connectivity index (χ2v) is 7.03. The highest BCUT2D eigenvalue weighted by Gasteiger charge is 2.29. The predicted molar refractivity (Wildman–Crippen MR) is 98.8 cm³/mol. The van der Waals surface area contributed by atoms with Crippen LogP contribution in [0.2, 0.25) is 0 Å². The zero-order valence-corrected chi connectivity index (χ0v) is 15.6. The summed E-state index contributed by atoms with van der Waals surface area (Å²) < 4.78 is 10.6. The van der Waals surface area contributed by atoms with Gasteiger partial charge in [0.05, 0.1) is 24.6 Å². The van der Waals surface area contributed by atoms with Gasteiger partial charge in [0, 0.05) is 44.2 Å². The number of piperidine rings is 1. The van der Waals surface area contributed by atoms with E-state index in [4.69, 9.17) is 9.26 Å². The number of hydrogen-bond acceptors (Lipinski definition) is 7. The second kappa shape index (κ2) is 8.04. The molecule has 0 aliphatic carbocycles. The van der Waals surface area contributed by atoms with Crippen LogP contribution >= 0.6 is 0 Å². The number of nitrogens with zero attached hydrogens (tertiary/aromatic N) is 5. The summed E-state index contributed by atoms with van der Waals surface area (Å²) in [6.45, 7) is 6.50. The van der Waals surface area contributed by atoms with E-state index in [9.17, 15) is 4.79 Å². The van der Waals surface area contributed by atoms with Gasteiger partial charge in [-0.25, -0.2) is 9.97 Å². The number of aromatic nitrogens is 3. The Morgan fingerprint density at radius 1 is 1.22 bits per heavy atom. The number of carbonyl (C=O) groups excluding carboxylic acids is 1. The number of morpholine rings is 1. The van der Waals surface area contributed by atoms with Gasteiger partial charge >= 0.3 is 0 Å². The average molecular weight is 371 g/mol. The lowest BCUT2D eigenvalue weighted by Crippen LogP contribution is -2.39. The van der Waals surface area contributed by atoms with Gasteiger partial charge in [-0.3, -0.25) is 4.79 Å². The first kappa shape index (κ1) is 17.9. The lowest BCUT2D eigenvalue weighted by atomic mass is 9.94. The van der Waals surface area contributed by atoms with Crippen molar-refractivity contribution in [2.24, 2.45) is 0 Å². The van der Waals surface area contributed by atoms with E-state index in [0.717, 1.165) is 69.3 Å². The van der Waals surface area contributed by atoms with Crippen LogP contribution < -0.4 is 4.90 Å². The van der Waals surface area contributed by atoms with Gasteiger partial charge in [0.25, 0.3) is 5.91 Å². The zero-order valence-electron chi connectivity index (χ0n) is 15.6. The van der Waals surface area contributed by atoms with E-state index in [-0.39, 0.29) is 11.8 Å². The average Bonchev–Trinajstić information content (AvgIpc) is 3.23. The van der Waals surface area contributed by atoms with Gasteiger partial charge in [-0.05, 0) is 19.3 Å². The van der Waals surface area contributed by atoms with Gasteiger partial charge < -0.3 is 19.1 Å². The molecule has 2 aromatic heterocycles. The van der Waals surface area contributed by atoms with Crippen LogP contribution in [0.15, 0.2) is 23.0 Å². The highest BCUT2D eigenvalue weighted by atomic mass is 16.5. The van der Waals surface area contributed by atoms with Crippen molar-refractivity contribution >= 4 is 11.7 Å². The van der Waals surface area contributed by atoms with Crippen molar-refractivity contribution in [3.63, 3.8) is 0 Å². The molecular weight excluding hydrogens is 346 g/mol. The van der Waals surface area contributed by atoms with E-state index >= 15 is 0 Å². The topological polar surface area (TPSA) is 84.6 Å². The number of hydrogen-bond donors (Lipinski definition) is 0. The third kappa shape index (κ3) is 3.95. The molecule has 4 heterocycles. The summed E-state index contributed by atoms with van der Waals surface area (Å²) >= 11 is 0. The van der Waals surface area contributed by atoms with E-state index in [0.29, 0.717) is 12.3 Å². The van der Waals surface area contributed by atoms with Gasteiger partial charge in [0.2, 0.25) is 5.76 Å². The van der Waals surface area contributed by atoms with Crippen LogP contribution in [0.1, 0.15) is 47.6 Å². The van der Waals surface area contributed by atoms with Crippen LogP contribution in [-0.2, 0) is 11.2 Å². The largest absolute Gasteiger partial charge is 0.378 e. The third-order valence-electron chi connectivity index (χ3n) is 5.27. The van der Waals surface area contributed by atoms with Crippen LogP contribution in [0, 0.1) is 0 Å². The Labute approximate surface area is 158 Å². The molecule has 2 aliphatic heterocycles. The molecule has 144 valence electrons. The molecule has 2 saturated heterocycles. The number of likely N-dealkylation sites (tertiary alicyclic amines) is 1. The number of carbonyl (C=O) groups is 1.